The van der Waals surface area contributed by atoms with Crippen molar-refractivity contribution in [1.29, 1.82) is 0 Å². The molecular weight excluding hydrogens is 208 g/mol. The van der Waals surface area contributed by atoms with Crippen LogP contribution in [-0.2, 0) is 15.6 Å². The Morgan fingerprint density at radius 2 is 2.29 bits per heavy atom. The molecular formula is C7H10N2O4S. The van der Waals surface area contributed by atoms with E-state index in [0.29, 0.717) is 5.69 Å². The van der Waals surface area contributed by atoms with Crippen molar-refractivity contribution in [2.24, 2.45) is 0 Å². The summed E-state index contributed by atoms with van der Waals surface area (Å²) in [6.45, 7) is 1.53. The average molecular weight is 218 g/mol. The number of carboxylic acid groups (broad SMARTS) is 1. The second kappa shape index (κ2) is 3.79. The number of rotatable bonds is 4. The van der Waals surface area contributed by atoms with Crippen LogP contribution in [0.15, 0.2) is 6.20 Å². The molecule has 7 heteroatoms. The Morgan fingerprint density at radius 3 is 2.71 bits per heavy atom. The molecule has 6 nitrogen and oxygen atoms in total. The van der Waals surface area contributed by atoms with E-state index >= 15 is 0 Å². The lowest BCUT2D eigenvalue weighted by Crippen LogP contribution is -2.07. The molecule has 0 aliphatic carbocycles. The minimum atomic E-state index is -3.15. The van der Waals surface area contributed by atoms with Gasteiger partial charge in [0, 0.05) is 11.9 Å². The monoisotopic (exact) mass is 218 g/mol. The second-order valence-corrected chi connectivity index (χ2v) is 5.09. The van der Waals surface area contributed by atoms with E-state index in [0.717, 1.165) is 0 Å². The number of sulfone groups is 1. The maximum absolute atomic E-state index is 11.2. The molecule has 1 aromatic heterocycles. The van der Waals surface area contributed by atoms with Crippen molar-refractivity contribution in [1.82, 2.24) is 9.97 Å². The van der Waals surface area contributed by atoms with Crippen LogP contribution in [0.3, 0.4) is 0 Å². The third-order valence-corrected chi connectivity index (χ3v) is 3.28. The minimum absolute atomic E-state index is 0.0222. The molecule has 0 fully saturated rings. The van der Waals surface area contributed by atoms with Crippen LogP contribution in [0.5, 0.6) is 0 Å². The number of aromatic nitrogens is 2. The van der Waals surface area contributed by atoms with Crippen LogP contribution >= 0.6 is 0 Å². The minimum Gasteiger partial charge on any atom is -0.475 e. The van der Waals surface area contributed by atoms with Gasteiger partial charge in [0.2, 0.25) is 5.82 Å². The summed E-state index contributed by atoms with van der Waals surface area (Å²) in [4.78, 5) is 16.3. The molecule has 0 bridgehead atoms. The van der Waals surface area contributed by atoms with Crippen molar-refractivity contribution < 1.29 is 18.3 Å². The predicted octanol–water partition coefficient (Wildman–Crippen LogP) is 0.0426. The molecule has 1 aromatic rings. The van der Waals surface area contributed by atoms with E-state index in [1.165, 1.54) is 13.1 Å². The Balaban J connectivity index is 2.84. The Hall–Kier alpha value is -1.37. The summed E-state index contributed by atoms with van der Waals surface area (Å²) in [7, 11) is -3.15. The predicted molar refractivity (Wildman–Crippen MR) is 48.7 cm³/mol. The van der Waals surface area contributed by atoms with Crippen LogP contribution in [0, 0.1) is 0 Å². The Morgan fingerprint density at radius 1 is 1.64 bits per heavy atom. The molecule has 0 aliphatic heterocycles. The third-order valence-electron chi connectivity index (χ3n) is 1.65. The largest absolute Gasteiger partial charge is 0.475 e. The smallest absolute Gasteiger partial charge is 0.371 e. The van der Waals surface area contributed by atoms with E-state index in [4.69, 9.17) is 5.11 Å². The second-order valence-electron chi connectivity index (χ2n) is 2.74. The van der Waals surface area contributed by atoms with Crippen LogP contribution < -0.4 is 0 Å². The van der Waals surface area contributed by atoms with Gasteiger partial charge in [-0.25, -0.2) is 18.2 Å². The van der Waals surface area contributed by atoms with E-state index < -0.39 is 15.8 Å². The van der Waals surface area contributed by atoms with Crippen LogP contribution in [-0.4, -0.2) is 35.2 Å². The first-order chi connectivity index (χ1) is 6.44. The maximum atomic E-state index is 11.2. The lowest BCUT2D eigenvalue weighted by molar-refractivity contribution is 0.0684. The highest BCUT2D eigenvalue weighted by Crippen LogP contribution is 2.04. The summed E-state index contributed by atoms with van der Waals surface area (Å²) in [5.41, 5.74) is 0.296. The molecule has 0 aliphatic rings. The zero-order chi connectivity index (χ0) is 10.8. The van der Waals surface area contributed by atoms with Gasteiger partial charge in [0.15, 0.2) is 9.84 Å². The zero-order valence-corrected chi connectivity index (χ0v) is 8.34. The summed E-state index contributed by atoms with van der Waals surface area (Å²) in [6.07, 6.45) is 1.22. The average Bonchev–Trinajstić information content (AvgIpc) is 2.52. The number of aromatic amines is 1. The van der Waals surface area contributed by atoms with Crippen molar-refractivity contribution >= 4 is 15.8 Å². The quantitative estimate of drug-likeness (QED) is 0.743. The molecule has 0 saturated carbocycles. The molecule has 2 N–H and O–H groups in total. The molecule has 1 rings (SSSR count). The van der Waals surface area contributed by atoms with Gasteiger partial charge >= 0.3 is 5.97 Å². The summed E-state index contributed by atoms with van der Waals surface area (Å²) in [5.74, 6) is -1.63. The molecule has 0 spiro atoms. The first kappa shape index (κ1) is 10.7. The van der Waals surface area contributed by atoms with E-state index in [1.807, 2.05) is 0 Å². The van der Waals surface area contributed by atoms with Gasteiger partial charge in [-0.2, -0.15) is 0 Å². The highest BCUT2D eigenvalue weighted by atomic mass is 32.2. The number of H-pyrrole nitrogens is 1. The van der Waals surface area contributed by atoms with E-state index in [2.05, 4.69) is 9.97 Å². The highest BCUT2D eigenvalue weighted by Gasteiger charge is 2.13. The Labute approximate surface area is 80.9 Å². The van der Waals surface area contributed by atoms with Crippen LogP contribution in [0.4, 0.5) is 0 Å². The van der Waals surface area contributed by atoms with Gasteiger partial charge in [-0.05, 0) is 0 Å². The number of hydrogen-bond donors (Lipinski definition) is 2. The van der Waals surface area contributed by atoms with E-state index in [9.17, 15) is 13.2 Å². The third kappa shape index (κ3) is 2.56. The standard InChI is InChI=1S/C7H10N2O4S/c1-2-14(12,13)4-5-3-8-6(9-5)7(10)11/h3H,2,4H2,1H3,(H,8,9)(H,10,11). The van der Waals surface area contributed by atoms with Gasteiger partial charge in [0.1, 0.15) is 0 Å². The molecule has 14 heavy (non-hydrogen) atoms. The number of nitrogens with zero attached hydrogens (tertiary/aromatic N) is 1. The van der Waals surface area contributed by atoms with Gasteiger partial charge in [-0.3, -0.25) is 0 Å². The Bertz CT molecular complexity index is 434. The van der Waals surface area contributed by atoms with Crippen molar-refractivity contribution in [3.8, 4) is 0 Å². The fraction of sp³-hybridized carbons (Fsp3) is 0.429. The Kier molecular flexibility index (Phi) is 2.90. The number of carbonyl (C=O) groups is 1. The van der Waals surface area contributed by atoms with Crippen LogP contribution in [0.1, 0.15) is 23.2 Å². The highest BCUT2D eigenvalue weighted by molar-refractivity contribution is 7.90. The molecule has 0 aromatic carbocycles. The van der Waals surface area contributed by atoms with Crippen molar-refractivity contribution in [3.63, 3.8) is 0 Å². The summed E-state index contributed by atoms with van der Waals surface area (Å²) >= 11 is 0. The molecule has 0 amide bonds. The summed E-state index contributed by atoms with van der Waals surface area (Å²) in [5, 5.41) is 8.51. The number of aromatic carboxylic acids is 1. The van der Waals surface area contributed by atoms with Gasteiger partial charge < -0.3 is 10.1 Å². The van der Waals surface area contributed by atoms with Gasteiger partial charge in [0.05, 0.1) is 11.4 Å². The SMILES string of the molecule is CCS(=O)(=O)Cc1cnc(C(=O)O)[nH]1. The lowest BCUT2D eigenvalue weighted by Gasteiger charge is -1.96. The van der Waals surface area contributed by atoms with Gasteiger partial charge in [-0.1, -0.05) is 6.92 Å². The van der Waals surface area contributed by atoms with Crippen LogP contribution in [0.2, 0.25) is 0 Å². The maximum Gasteiger partial charge on any atom is 0.371 e. The summed E-state index contributed by atoms with van der Waals surface area (Å²) in [6, 6.07) is 0. The van der Waals surface area contributed by atoms with Crippen LogP contribution in [0.25, 0.3) is 0 Å². The fourth-order valence-electron chi connectivity index (χ4n) is 0.880. The number of imidazole rings is 1. The van der Waals surface area contributed by atoms with Crippen molar-refractivity contribution in [2.45, 2.75) is 12.7 Å². The first-order valence-electron chi connectivity index (χ1n) is 3.92. The van der Waals surface area contributed by atoms with E-state index in [-0.39, 0.29) is 17.3 Å². The van der Waals surface area contributed by atoms with Gasteiger partial charge in [-0.15, -0.1) is 0 Å². The van der Waals surface area contributed by atoms with Gasteiger partial charge in [0.25, 0.3) is 0 Å². The fourth-order valence-corrected chi connectivity index (χ4v) is 1.70. The molecule has 0 atom stereocenters. The first-order valence-corrected chi connectivity index (χ1v) is 5.74. The van der Waals surface area contributed by atoms with E-state index in [1.54, 1.807) is 0 Å². The summed E-state index contributed by atoms with van der Waals surface area (Å²) < 4.78 is 22.3. The molecule has 0 radical (unpaired) electrons. The number of nitrogens with one attached hydrogen (secondary N) is 1. The number of hydrogen-bond acceptors (Lipinski definition) is 4. The molecule has 0 saturated heterocycles. The molecule has 78 valence electrons. The lowest BCUT2D eigenvalue weighted by atomic mass is 10.6. The van der Waals surface area contributed by atoms with Crippen molar-refractivity contribution in [3.05, 3.63) is 17.7 Å². The van der Waals surface area contributed by atoms with Crippen molar-refractivity contribution in [2.75, 3.05) is 5.75 Å². The molecule has 1 heterocycles. The zero-order valence-electron chi connectivity index (χ0n) is 7.52. The molecule has 0 unspecified atom stereocenters. The normalized spacial score (nSPS) is 11.5. The topological polar surface area (TPSA) is 100 Å². The number of carboxylic acids is 1.